The number of carbonyl (C=O) groups is 2. The van der Waals surface area contributed by atoms with Crippen LogP contribution in [-0.4, -0.2) is 30.9 Å². The summed E-state index contributed by atoms with van der Waals surface area (Å²) in [6.45, 7) is 7.64. The third kappa shape index (κ3) is 5.03. The Morgan fingerprint density at radius 2 is 2.12 bits per heavy atom. The number of benzene rings is 1. The lowest BCUT2D eigenvalue weighted by molar-refractivity contribution is -0.116. The van der Waals surface area contributed by atoms with Crippen LogP contribution in [0.2, 0.25) is 0 Å². The Kier molecular flexibility index (Phi) is 6.31. The van der Waals surface area contributed by atoms with Gasteiger partial charge in [-0.3, -0.25) is 9.59 Å². The van der Waals surface area contributed by atoms with Crippen LogP contribution in [0.3, 0.4) is 0 Å². The van der Waals surface area contributed by atoms with Crippen molar-refractivity contribution in [2.45, 2.75) is 39.7 Å². The van der Waals surface area contributed by atoms with E-state index < -0.39 is 5.82 Å². The van der Waals surface area contributed by atoms with Crippen LogP contribution in [-0.2, 0) is 4.79 Å². The molecule has 2 atom stereocenters. The van der Waals surface area contributed by atoms with Gasteiger partial charge in [-0.05, 0) is 49.5 Å². The van der Waals surface area contributed by atoms with E-state index in [1.807, 2.05) is 13.8 Å². The molecule has 5 nitrogen and oxygen atoms in total. The van der Waals surface area contributed by atoms with Gasteiger partial charge in [-0.15, -0.1) is 0 Å². The zero-order chi connectivity index (χ0) is 17.7. The number of carbonyl (C=O) groups excluding carboxylic acids is 2. The molecule has 0 aliphatic carbocycles. The Morgan fingerprint density at radius 3 is 2.75 bits per heavy atom. The first-order valence-corrected chi connectivity index (χ1v) is 8.47. The smallest absolute Gasteiger partial charge is 0.251 e. The van der Waals surface area contributed by atoms with E-state index in [9.17, 15) is 14.0 Å². The topological polar surface area (TPSA) is 70.2 Å². The van der Waals surface area contributed by atoms with E-state index in [4.69, 9.17) is 0 Å². The molecule has 2 amide bonds. The third-order valence-electron chi connectivity index (χ3n) is 4.20. The van der Waals surface area contributed by atoms with Crippen LogP contribution in [0.1, 0.15) is 44.0 Å². The molecule has 0 saturated carbocycles. The molecule has 1 aliphatic rings. The Hall–Kier alpha value is -1.95. The highest BCUT2D eigenvalue weighted by molar-refractivity contribution is 5.96. The monoisotopic (exact) mass is 335 g/mol. The van der Waals surface area contributed by atoms with Gasteiger partial charge in [0.15, 0.2) is 0 Å². The third-order valence-corrected chi connectivity index (χ3v) is 4.20. The molecule has 1 aliphatic heterocycles. The molecule has 1 heterocycles. The summed E-state index contributed by atoms with van der Waals surface area (Å²) in [5.41, 5.74) is 0.368. The molecule has 24 heavy (non-hydrogen) atoms. The molecule has 0 aromatic heterocycles. The van der Waals surface area contributed by atoms with E-state index in [-0.39, 0.29) is 35.0 Å². The maximum atomic E-state index is 14.2. The van der Waals surface area contributed by atoms with Crippen molar-refractivity contribution in [1.29, 1.82) is 0 Å². The molecule has 2 unspecified atom stereocenters. The highest BCUT2D eigenvalue weighted by Gasteiger charge is 2.23. The minimum absolute atomic E-state index is 0.0900. The molecule has 1 aromatic rings. The lowest BCUT2D eigenvalue weighted by atomic mass is 9.95. The van der Waals surface area contributed by atoms with Gasteiger partial charge in [0.2, 0.25) is 5.91 Å². The highest BCUT2D eigenvalue weighted by atomic mass is 19.1. The van der Waals surface area contributed by atoms with Crippen molar-refractivity contribution in [3.05, 3.63) is 29.6 Å². The maximum absolute atomic E-state index is 14.2. The van der Waals surface area contributed by atoms with E-state index in [1.54, 1.807) is 0 Å². The van der Waals surface area contributed by atoms with Crippen molar-refractivity contribution < 1.29 is 14.0 Å². The van der Waals surface area contributed by atoms with Crippen molar-refractivity contribution in [1.82, 2.24) is 10.6 Å². The second-order valence-electron chi connectivity index (χ2n) is 6.89. The maximum Gasteiger partial charge on any atom is 0.251 e. The molecular formula is C18H26FN3O2. The molecule has 0 bridgehead atoms. The van der Waals surface area contributed by atoms with Gasteiger partial charge in [-0.1, -0.05) is 20.8 Å². The lowest BCUT2D eigenvalue weighted by Gasteiger charge is -2.30. The highest BCUT2D eigenvalue weighted by Crippen LogP contribution is 2.18. The summed E-state index contributed by atoms with van der Waals surface area (Å²) in [6, 6.07) is 4.24. The summed E-state index contributed by atoms with van der Waals surface area (Å²) in [4.78, 5) is 24.0. The van der Waals surface area contributed by atoms with Crippen molar-refractivity contribution in [2.75, 3.05) is 18.4 Å². The average molecular weight is 335 g/mol. The van der Waals surface area contributed by atoms with E-state index in [0.717, 1.165) is 19.5 Å². The van der Waals surface area contributed by atoms with Gasteiger partial charge in [-0.25, -0.2) is 4.39 Å². The molecule has 1 saturated heterocycles. The normalized spacial score (nSPS) is 20.7. The van der Waals surface area contributed by atoms with Crippen LogP contribution in [0.25, 0.3) is 0 Å². The number of amides is 2. The van der Waals surface area contributed by atoms with Gasteiger partial charge in [0.25, 0.3) is 5.91 Å². The van der Waals surface area contributed by atoms with Crippen LogP contribution in [0, 0.1) is 17.7 Å². The van der Waals surface area contributed by atoms with Gasteiger partial charge in [-0.2, -0.15) is 0 Å². The SMILES string of the molecule is CC(C)CC(=O)Nc1ccc(C(=O)NC2CCNCC2C)cc1F. The van der Waals surface area contributed by atoms with E-state index in [0.29, 0.717) is 12.3 Å². The van der Waals surface area contributed by atoms with Crippen LogP contribution < -0.4 is 16.0 Å². The summed E-state index contributed by atoms with van der Waals surface area (Å²) < 4.78 is 14.2. The number of anilines is 1. The van der Waals surface area contributed by atoms with Crippen LogP contribution >= 0.6 is 0 Å². The molecule has 132 valence electrons. The summed E-state index contributed by atoms with van der Waals surface area (Å²) in [5, 5.41) is 8.78. The fourth-order valence-corrected chi connectivity index (χ4v) is 2.81. The number of piperidine rings is 1. The summed E-state index contributed by atoms with van der Waals surface area (Å²) >= 11 is 0. The van der Waals surface area contributed by atoms with Gasteiger partial charge >= 0.3 is 0 Å². The molecule has 6 heteroatoms. The van der Waals surface area contributed by atoms with E-state index >= 15 is 0 Å². The minimum atomic E-state index is -0.599. The summed E-state index contributed by atoms with van der Waals surface area (Å²) in [6.07, 6.45) is 1.19. The molecule has 0 spiro atoms. The Bertz CT molecular complexity index is 604. The number of rotatable bonds is 5. The first kappa shape index (κ1) is 18.4. The van der Waals surface area contributed by atoms with Crippen molar-refractivity contribution in [2.24, 2.45) is 11.8 Å². The quantitative estimate of drug-likeness (QED) is 0.774. The van der Waals surface area contributed by atoms with Crippen molar-refractivity contribution in [3.8, 4) is 0 Å². The van der Waals surface area contributed by atoms with Crippen LogP contribution in [0.5, 0.6) is 0 Å². The van der Waals surface area contributed by atoms with Gasteiger partial charge in [0.1, 0.15) is 5.82 Å². The van der Waals surface area contributed by atoms with Gasteiger partial charge in [0.05, 0.1) is 5.69 Å². The van der Waals surface area contributed by atoms with Gasteiger partial charge in [0, 0.05) is 18.0 Å². The molecule has 1 aromatic carbocycles. The van der Waals surface area contributed by atoms with E-state index in [2.05, 4.69) is 22.9 Å². The zero-order valence-electron chi connectivity index (χ0n) is 14.5. The molecular weight excluding hydrogens is 309 g/mol. The number of halogens is 1. The standard InChI is InChI=1S/C18H26FN3O2/c1-11(2)8-17(23)21-16-5-4-13(9-14(16)19)18(24)22-15-6-7-20-10-12(15)3/h4-5,9,11-12,15,20H,6-8,10H2,1-3H3,(H,21,23)(H,22,24). The average Bonchev–Trinajstić information content (AvgIpc) is 2.50. The van der Waals surface area contributed by atoms with Gasteiger partial charge < -0.3 is 16.0 Å². The Balaban J connectivity index is 2.00. The first-order chi connectivity index (χ1) is 11.4. The largest absolute Gasteiger partial charge is 0.349 e. The predicted octanol–water partition coefficient (Wildman–Crippen LogP) is 2.54. The zero-order valence-corrected chi connectivity index (χ0v) is 14.5. The van der Waals surface area contributed by atoms with Crippen molar-refractivity contribution >= 4 is 17.5 Å². The van der Waals surface area contributed by atoms with Crippen LogP contribution in [0.4, 0.5) is 10.1 Å². The Labute approximate surface area is 142 Å². The molecule has 0 radical (unpaired) electrons. The second kappa shape index (κ2) is 8.24. The Morgan fingerprint density at radius 1 is 1.38 bits per heavy atom. The number of nitrogens with one attached hydrogen (secondary N) is 3. The molecule has 1 fully saturated rings. The summed E-state index contributed by atoms with van der Waals surface area (Å²) in [5.74, 6) is -0.581. The van der Waals surface area contributed by atoms with Crippen molar-refractivity contribution in [3.63, 3.8) is 0 Å². The van der Waals surface area contributed by atoms with Crippen LogP contribution in [0.15, 0.2) is 18.2 Å². The van der Waals surface area contributed by atoms with E-state index in [1.165, 1.54) is 18.2 Å². The number of hydrogen-bond donors (Lipinski definition) is 3. The molecule has 3 N–H and O–H groups in total. The molecule has 2 rings (SSSR count). The number of hydrogen-bond acceptors (Lipinski definition) is 3. The summed E-state index contributed by atoms with van der Waals surface area (Å²) in [7, 11) is 0. The second-order valence-corrected chi connectivity index (χ2v) is 6.89. The predicted molar refractivity (Wildman–Crippen MR) is 92.4 cm³/mol. The fourth-order valence-electron chi connectivity index (χ4n) is 2.81. The first-order valence-electron chi connectivity index (χ1n) is 8.47. The minimum Gasteiger partial charge on any atom is -0.349 e. The lowest BCUT2D eigenvalue weighted by Crippen LogP contribution is -2.48. The fraction of sp³-hybridized carbons (Fsp3) is 0.556.